The monoisotopic (exact) mass is 339 g/mol. The number of rotatable bonds is 5. The van der Waals surface area contributed by atoms with Gasteiger partial charge >= 0.3 is 0 Å². The fourth-order valence-electron chi connectivity index (χ4n) is 2.85. The molecule has 112 valence electrons. The SMILES string of the molecule is CNC(CCN1CCCN(C)CC1)c1ccccc1Br. The van der Waals surface area contributed by atoms with Crippen molar-refractivity contribution in [3.8, 4) is 0 Å². The van der Waals surface area contributed by atoms with Gasteiger partial charge in [-0.25, -0.2) is 0 Å². The van der Waals surface area contributed by atoms with Crippen molar-refractivity contribution in [3.63, 3.8) is 0 Å². The first kappa shape index (κ1) is 16.0. The van der Waals surface area contributed by atoms with Crippen LogP contribution in [-0.2, 0) is 0 Å². The zero-order valence-corrected chi connectivity index (χ0v) is 14.2. The lowest BCUT2D eigenvalue weighted by atomic mass is 10.0. The number of hydrogen-bond acceptors (Lipinski definition) is 3. The van der Waals surface area contributed by atoms with Gasteiger partial charge in [0.15, 0.2) is 0 Å². The molecule has 0 aliphatic carbocycles. The highest BCUT2D eigenvalue weighted by atomic mass is 79.9. The smallest absolute Gasteiger partial charge is 0.0340 e. The van der Waals surface area contributed by atoms with Crippen LogP contribution in [0, 0.1) is 0 Å². The molecule has 1 fully saturated rings. The van der Waals surface area contributed by atoms with Crippen molar-refractivity contribution in [2.24, 2.45) is 0 Å². The van der Waals surface area contributed by atoms with Crippen molar-refractivity contribution in [1.29, 1.82) is 0 Å². The number of hydrogen-bond donors (Lipinski definition) is 1. The first-order valence-corrected chi connectivity index (χ1v) is 8.32. The number of halogens is 1. The van der Waals surface area contributed by atoms with Crippen LogP contribution in [0.1, 0.15) is 24.4 Å². The summed E-state index contributed by atoms with van der Waals surface area (Å²) in [4.78, 5) is 5.04. The molecular weight excluding hydrogens is 314 g/mol. The maximum atomic E-state index is 3.66. The molecule has 1 aromatic rings. The molecule has 4 heteroatoms. The van der Waals surface area contributed by atoms with E-state index in [-0.39, 0.29) is 0 Å². The highest BCUT2D eigenvalue weighted by Crippen LogP contribution is 2.25. The van der Waals surface area contributed by atoms with Gasteiger partial charge in [0.25, 0.3) is 0 Å². The zero-order chi connectivity index (χ0) is 14.4. The molecule has 1 aromatic carbocycles. The van der Waals surface area contributed by atoms with Gasteiger partial charge in [0.1, 0.15) is 0 Å². The summed E-state index contributed by atoms with van der Waals surface area (Å²) in [6.07, 6.45) is 2.44. The lowest BCUT2D eigenvalue weighted by Gasteiger charge is -2.24. The van der Waals surface area contributed by atoms with Crippen molar-refractivity contribution >= 4 is 15.9 Å². The highest BCUT2D eigenvalue weighted by Gasteiger charge is 2.16. The molecule has 0 spiro atoms. The van der Waals surface area contributed by atoms with E-state index in [0.29, 0.717) is 6.04 Å². The van der Waals surface area contributed by atoms with E-state index < -0.39 is 0 Å². The van der Waals surface area contributed by atoms with Crippen molar-refractivity contribution in [3.05, 3.63) is 34.3 Å². The fraction of sp³-hybridized carbons (Fsp3) is 0.625. The fourth-order valence-corrected chi connectivity index (χ4v) is 3.41. The Labute approximate surface area is 131 Å². The van der Waals surface area contributed by atoms with Crippen LogP contribution in [0.3, 0.4) is 0 Å². The zero-order valence-electron chi connectivity index (χ0n) is 12.6. The summed E-state index contributed by atoms with van der Waals surface area (Å²) >= 11 is 3.66. The van der Waals surface area contributed by atoms with Crippen LogP contribution in [0.5, 0.6) is 0 Å². The van der Waals surface area contributed by atoms with Gasteiger partial charge in [0, 0.05) is 23.6 Å². The third-order valence-electron chi connectivity index (χ3n) is 4.18. The van der Waals surface area contributed by atoms with Gasteiger partial charge in [0.05, 0.1) is 0 Å². The molecule has 1 atom stereocenters. The van der Waals surface area contributed by atoms with E-state index in [1.807, 2.05) is 0 Å². The lowest BCUT2D eigenvalue weighted by Crippen LogP contribution is -2.32. The normalized spacial score (nSPS) is 19.8. The van der Waals surface area contributed by atoms with E-state index in [9.17, 15) is 0 Å². The molecule has 20 heavy (non-hydrogen) atoms. The average Bonchev–Trinajstić information content (AvgIpc) is 2.66. The van der Waals surface area contributed by atoms with Crippen LogP contribution in [0.15, 0.2) is 28.7 Å². The number of nitrogens with zero attached hydrogens (tertiary/aromatic N) is 2. The Kier molecular flexibility index (Phi) is 6.49. The van der Waals surface area contributed by atoms with Gasteiger partial charge < -0.3 is 15.1 Å². The molecule has 1 aliphatic rings. The molecule has 3 nitrogen and oxygen atoms in total. The molecule has 0 bridgehead atoms. The van der Waals surface area contributed by atoms with Gasteiger partial charge in [-0.2, -0.15) is 0 Å². The largest absolute Gasteiger partial charge is 0.313 e. The minimum Gasteiger partial charge on any atom is -0.313 e. The van der Waals surface area contributed by atoms with E-state index >= 15 is 0 Å². The van der Waals surface area contributed by atoms with Crippen LogP contribution in [0.4, 0.5) is 0 Å². The minimum absolute atomic E-state index is 0.423. The van der Waals surface area contributed by atoms with E-state index in [0.717, 1.165) is 6.42 Å². The molecule has 1 aliphatic heterocycles. The molecule has 0 aromatic heterocycles. The maximum Gasteiger partial charge on any atom is 0.0340 e. The molecule has 1 unspecified atom stereocenters. The molecule has 0 saturated carbocycles. The molecule has 2 rings (SSSR count). The van der Waals surface area contributed by atoms with Gasteiger partial charge in [-0.1, -0.05) is 34.1 Å². The summed E-state index contributed by atoms with van der Waals surface area (Å²) in [6.45, 7) is 6.02. The Bertz CT molecular complexity index is 410. The third-order valence-corrected chi connectivity index (χ3v) is 4.90. The van der Waals surface area contributed by atoms with Gasteiger partial charge in [-0.05, 0) is 58.2 Å². The van der Waals surface area contributed by atoms with Crippen LogP contribution in [-0.4, -0.2) is 56.6 Å². The number of likely N-dealkylation sites (N-methyl/N-ethyl adjacent to an activating group) is 1. The number of nitrogens with one attached hydrogen (secondary N) is 1. The Balaban J connectivity index is 1.89. The highest BCUT2D eigenvalue weighted by molar-refractivity contribution is 9.10. The molecule has 0 amide bonds. The standard InChI is InChI=1S/C16H26BrN3/c1-18-16(14-6-3-4-7-15(14)17)8-11-20-10-5-9-19(2)12-13-20/h3-4,6-7,16,18H,5,8-13H2,1-2H3. The predicted molar refractivity (Wildman–Crippen MR) is 89.1 cm³/mol. The summed E-state index contributed by atoms with van der Waals surface area (Å²) in [6, 6.07) is 8.95. The molecule has 1 saturated heterocycles. The first-order valence-electron chi connectivity index (χ1n) is 7.53. The molecule has 1 heterocycles. The lowest BCUT2D eigenvalue weighted by molar-refractivity contribution is 0.262. The Morgan fingerprint density at radius 1 is 1.20 bits per heavy atom. The summed E-state index contributed by atoms with van der Waals surface area (Å²) in [5.41, 5.74) is 1.36. The van der Waals surface area contributed by atoms with Gasteiger partial charge in [0.2, 0.25) is 0 Å². The average molecular weight is 340 g/mol. The minimum atomic E-state index is 0.423. The molecule has 0 radical (unpaired) electrons. The molecule has 1 N–H and O–H groups in total. The summed E-state index contributed by atoms with van der Waals surface area (Å²) < 4.78 is 1.20. The maximum absolute atomic E-state index is 3.66. The second-order valence-corrected chi connectivity index (χ2v) is 6.50. The second kappa shape index (κ2) is 8.13. The van der Waals surface area contributed by atoms with Crippen molar-refractivity contribution in [2.45, 2.75) is 18.9 Å². The Morgan fingerprint density at radius 3 is 2.75 bits per heavy atom. The quantitative estimate of drug-likeness (QED) is 0.889. The number of benzene rings is 1. The first-order chi connectivity index (χ1) is 9.70. The second-order valence-electron chi connectivity index (χ2n) is 5.65. The van der Waals surface area contributed by atoms with Crippen LogP contribution < -0.4 is 5.32 Å². The van der Waals surface area contributed by atoms with E-state index in [4.69, 9.17) is 0 Å². The van der Waals surface area contributed by atoms with Crippen LogP contribution >= 0.6 is 15.9 Å². The Morgan fingerprint density at radius 2 is 2.00 bits per heavy atom. The van der Waals surface area contributed by atoms with E-state index in [1.165, 1.54) is 49.2 Å². The third kappa shape index (κ3) is 4.55. The predicted octanol–water partition coefficient (Wildman–Crippen LogP) is 2.74. The summed E-state index contributed by atoms with van der Waals surface area (Å²) in [7, 11) is 4.28. The Hall–Kier alpha value is -0.420. The van der Waals surface area contributed by atoms with Crippen molar-refractivity contribution < 1.29 is 0 Å². The van der Waals surface area contributed by atoms with Crippen molar-refractivity contribution in [2.75, 3.05) is 46.8 Å². The topological polar surface area (TPSA) is 18.5 Å². The summed E-state index contributed by atoms with van der Waals surface area (Å²) in [5.74, 6) is 0. The van der Waals surface area contributed by atoms with Gasteiger partial charge in [-0.15, -0.1) is 0 Å². The van der Waals surface area contributed by atoms with Crippen molar-refractivity contribution in [1.82, 2.24) is 15.1 Å². The summed E-state index contributed by atoms with van der Waals surface area (Å²) in [5, 5.41) is 3.46. The van der Waals surface area contributed by atoms with Crippen LogP contribution in [0.2, 0.25) is 0 Å². The van der Waals surface area contributed by atoms with Crippen LogP contribution in [0.25, 0.3) is 0 Å². The van der Waals surface area contributed by atoms with Gasteiger partial charge in [-0.3, -0.25) is 0 Å². The van der Waals surface area contributed by atoms with E-state index in [1.54, 1.807) is 0 Å². The molecular formula is C16H26BrN3. The van der Waals surface area contributed by atoms with E-state index in [2.05, 4.69) is 69.4 Å².